The van der Waals surface area contributed by atoms with E-state index in [1.807, 2.05) is 6.92 Å². The Kier molecular flexibility index (Phi) is 4.57. The lowest BCUT2D eigenvalue weighted by atomic mass is 10.1. The Balaban J connectivity index is 1.92. The number of nitrogens with zero attached hydrogens (tertiary/aromatic N) is 2. The van der Waals surface area contributed by atoms with Crippen molar-refractivity contribution in [3.8, 4) is 0 Å². The molecule has 0 saturated carbocycles. The van der Waals surface area contributed by atoms with Crippen LogP contribution in [0.2, 0.25) is 0 Å². The zero-order valence-corrected chi connectivity index (χ0v) is 11.3. The monoisotopic (exact) mass is 282 g/mol. The van der Waals surface area contributed by atoms with Crippen molar-refractivity contribution in [3.05, 3.63) is 17.5 Å². The van der Waals surface area contributed by atoms with Gasteiger partial charge in [0.2, 0.25) is 0 Å². The summed E-state index contributed by atoms with van der Waals surface area (Å²) in [7, 11) is 0. The molecule has 1 aliphatic rings. The fraction of sp³-hybridized carbons (Fsp3) is 0.583. The fourth-order valence-electron chi connectivity index (χ4n) is 2.12. The van der Waals surface area contributed by atoms with Crippen molar-refractivity contribution in [2.45, 2.75) is 25.9 Å². The van der Waals surface area contributed by atoms with Crippen molar-refractivity contribution >= 4 is 12.0 Å². The number of rotatable bonds is 4. The molecule has 0 spiro atoms. The average molecular weight is 282 g/mol. The van der Waals surface area contributed by atoms with E-state index in [1.54, 1.807) is 6.20 Å². The number of amides is 2. The third-order valence-corrected chi connectivity index (χ3v) is 3.26. The summed E-state index contributed by atoms with van der Waals surface area (Å²) in [6, 6.07) is -0.702. The van der Waals surface area contributed by atoms with Crippen LogP contribution in [-0.4, -0.2) is 58.0 Å². The van der Waals surface area contributed by atoms with E-state index in [0.717, 1.165) is 11.3 Å². The van der Waals surface area contributed by atoms with Gasteiger partial charge < -0.3 is 20.1 Å². The minimum atomic E-state index is -0.941. The van der Waals surface area contributed by atoms with Gasteiger partial charge in [-0.15, -0.1) is 0 Å². The summed E-state index contributed by atoms with van der Waals surface area (Å²) >= 11 is 0. The number of aromatic amines is 1. The Morgan fingerprint density at radius 1 is 1.65 bits per heavy atom. The van der Waals surface area contributed by atoms with E-state index in [2.05, 4.69) is 15.5 Å². The number of aromatic nitrogens is 2. The van der Waals surface area contributed by atoms with Gasteiger partial charge in [-0.1, -0.05) is 0 Å². The first-order valence-electron chi connectivity index (χ1n) is 6.40. The Morgan fingerprint density at radius 2 is 2.45 bits per heavy atom. The molecule has 1 atom stereocenters. The minimum Gasteiger partial charge on any atom is -0.481 e. The molecule has 0 radical (unpaired) electrons. The number of hydrogen-bond acceptors (Lipinski definition) is 4. The van der Waals surface area contributed by atoms with Crippen LogP contribution in [-0.2, 0) is 16.1 Å². The van der Waals surface area contributed by atoms with Gasteiger partial charge in [-0.2, -0.15) is 5.10 Å². The van der Waals surface area contributed by atoms with Gasteiger partial charge in [0.05, 0.1) is 31.9 Å². The van der Waals surface area contributed by atoms with Crippen molar-refractivity contribution in [1.82, 2.24) is 20.4 Å². The number of hydrogen-bond donors (Lipinski definition) is 3. The van der Waals surface area contributed by atoms with Gasteiger partial charge in [0.25, 0.3) is 0 Å². The first kappa shape index (κ1) is 14.3. The minimum absolute atomic E-state index is 0.113. The first-order valence-corrected chi connectivity index (χ1v) is 6.40. The van der Waals surface area contributed by atoms with E-state index in [0.29, 0.717) is 19.7 Å². The number of aliphatic carboxylic acids is 1. The molecule has 2 rings (SSSR count). The topological polar surface area (TPSA) is 108 Å². The summed E-state index contributed by atoms with van der Waals surface area (Å²) in [5, 5.41) is 18.3. The van der Waals surface area contributed by atoms with Crippen molar-refractivity contribution < 1.29 is 19.4 Å². The summed E-state index contributed by atoms with van der Waals surface area (Å²) < 4.78 is 5.23. The standard InChI is InChI=1S/C12H18N4O4/c1-8-9(6-14-15-8)5-13-12(19)16-2-3-20-7-10(16)4-11(17)18/h6,10H,2-5,7H2,1H3,(H,13,19)(H,14,15)(H,17,18). The van der Waals surface area contributed by atoms with Crippen LogP contribution in [0.25, 0.3) is 0 Å². The number of carbonyl (C=O) groups excluding carboxylic acids is 1. The molecule has 8 heteroatoms. The maximum atomic E-state index is 12.1. The van der Waals surface area contributed by atoms with Crippen LogP contribution in [0.1, 0.15) is 17.7 Å². The molecule has 1 fully saturated rings. The quantitative estimate of drug-likeness (QED) is 0.726. The molecule has 1 aromatic heterocycles. The molecule has 2 heterocycles. The number of H-pyrrole nitrogens is 1. The molecule has 2 amide bonds. The van der Waals surface area contributed by atoms with E-state index >= 15 is 0 Å². The van der Waals surface area contributed by atoms with E-state index in [1.165, 1.54) is 4.90 Å². The van der Waals surface area contributed by atoms with Crippen molar-refractivity contribution in [3.63, 3.8) is 0 Å². The van der Waals surface area contributed by atoms with E-state index in [9.17, 15) is 9.59 Å². The van der Waals surface area contributed by atoms with E-state index < -0.39 is 12.0 Å². The third kappa shape index (κ3) is 3.47. The highest BCUT2D eigenvalue weighted by molar-refractivity contribution is 5.76. The van der Waals surface area contributed by atoms with Gasteiger partial charge in [-0.25, -0.2) is 4.79 Å². The number of carboxylic acids is 1. The Labute approximate surface area is 116 Å². The molecule has 1 aliphatic heterocycles. The first-order chi connectivity index (χ1) is 9.58. The molecule has 1 unspecified atom stereocenters. The number of morpholine rings is 1. The Morgan fingerprint density at radius 3 is 3.10 bits per heavy atom. The second-order valence-corrected chi connectivity index (χ2v) is 4.70. The molecule has 1 saturated heterocycles. The summed E-state index contributed by atoms with van der Waals surface area (Å²) in [6.45, 7) is 3.31. The van der Waals surface area contributed by atoms with E-state index in [-0.39, 0.29) is 19.1 Å². The normalized spacial score (nSPS) is 18.9. The summed E-state index contributed by atoms with van der Waals surface area (Å²) in [4.78, 5) is 24.5. The Bertz CT molecular complexity index is 488. The van der Waals surface area contributed by atoms with Gasteiger partial charge in [0.15, 0.2) is 0 Å². The van der Waals surface area contributed by atoms with Crippen molar-refractivity contribution in [1.29, 1.82) is 0 Å². The zero-order chi connectivity index (χ0) is 14.5. The second-order valence-electron chi connectivity index (χ2n) is 4.70. The number of carbonyl (C=O) groups is 2. The molecule has 110 valence electrons. The lowest BCUT2D eigenvalue weighted by Crippen LogP contribution is -2.53. The highest BCUT2D eigenvalue weighted by Gasteiger charge is 2.29. The number of nitrogens with one attached hydrogen (secondary N) is 2. The average Bonchev–Trinajstić information content (AvgIpc) is 2.81. The van der Waals surface area contributed by atoms with Crippen molar-refractivity contribution in [2.24, 2.45) is 0 Å². The van der Waals surface area contributed by atoms with Gasteiger partial charge in [-0.3, -0.25) is 9.89 Å². The van der Waals surface area contributed by atoms with Gasteiger partial charge in [-0.05, 0) is 6.92 Å². The maximum absolute atomic E-state index is 12.1. The molecule has 0 bridgehead atoms. The molecule has 1 aromatic rings. The number of aryl methyl sites for hydroxylation is 1. The highest BCUT2D eigenvalue weighted by Crippen LogP contribution is 2.11. The predicted molar refractivity (Wildman–Crippen MR) is 69.1 cm³/mol. The van der Waals surface area contributed by atoms with Gasteiger partial charge >= 0.3 is 12.0 Å². The smallest absolute Gasteiger partial charge is 0.318 e. The zero-order valence-electron chi connectivity index (χ0n) is 11.3. The molecular formula is C12H18N4O4. The maximum Gasteiger partial charge on any atom is 0.318 e. The van der Waals surface area contributed by atoms with Crippen LogP contribution in [0.5, 0.6) is 0 Å². The van der Waals surface area contributed by atoms with Crippen LogP contribution < -0.4 is 5.32 Å². The highest BCUT2D eigenvalue weighted by atomic mass is 16.5. The van der Waals surface area contributed by atoms with E-state index in [4.69, 9.17) is 9.84 Å². The van der Waals surface area contributed by atoms with Gasteiger partial charge in [0.1, 0.15) is 0 Å². The Hall–Kier alpha value is -2.09. The number of ether oxygens (including phenoxy) is 1. The number of carboxylic acid groups (broad SMARTS) is 1. The number of urea groups is 1. The molecule has 8 nitrogen and oxygen atoms in total. The lowest BCUT2D eigenvalue weighted by molar-refractivity contribution is -0.139. The van der Waals surface area contributed by atoms with Crippen LogP contribution >= 0.6 is 0 Å². The second kappa shape index (κ2) is 6.38. The fourth-order valence-corrected chi connectivity index (χ4v) is 2.12. The van der Waals surface area contributed by atoms with Crippen molar-refractivity contribution in [2.75, 3.05) is 19.8 Å². The SMILES string of the molecule is Cc1[nH]ncc1CNC(=O)N1CCOCC1CC(=O)O. The van der Waals surface area contributed by atoms with Gasteiger partial charge in [0, 0.05) is 24.3 Å². The summed E-state index contributed by atoms with van der Waals surface area (Å²) in [5.41, 5.74) is 1.80. The molecule has 0 aliphatic carbocycles. The molecule has 0 aromatic carbocycles. The summed E-state index contributed by atoms with van der Waals surface area (Å²) in [5.74, 6) is -0.941. The van der Waals surface area contributed by atoms with Crippen LogP contribution in [0.15, 0.2) is 6.20 Å². The predicted octanol–water partition coefficient (Wildman–Crippen LogP) is 0.103. The third-order valence-electron chi connectivity index (χ3n) is 3.26. The molecule has 20 heavy (non-hydrogen) atoms. The van der Waals surface area contributed by atoms with Crippen LogP contribution in [0.4, 0.5) is 4.79 Å². The van der Waals surface area contributed by atoms with Crippen LogP contribution in [0, 0.1) is 6.92 Å². The van der Waals surface area contributed by atoms with Crippen LogP contribution in [0.3, 0.4) is 0 Å². The largest absolute Gasteiger partial charge is 0.481 e. The molecular weight excluding hydrogens is 264 g/mol. The lowest BCUT2D eigenvalue weighted by Gasteiger charge is -2.34. The molecule has 3 N–H and O–H groups in total. The summed E-state index contributed by atoms with van der Waals surface area (Å²) in [6.07, 6.45) is 1.54.